The van der Waals surface area contributed by atoms with Crippen LogP contribution in [0.5, 0.6) is 0 Å². The first-order chi connectivity index (χ1) is 27.2. The van der Waals surface area contributed by atoms with Gasteiger partial charge in [0.15, 0.2) is 0 Å². The predicted octanol–water partition coefficient (Wildman–Crippen LogP) is 8.65. The second-order valence-electron chi connectivity index (χ2n) is 18.7. The topological polar surface area (TPSA) is 112 Å². The first-order valence-electron chi connectivity index (χ1n) is 22.9. The van der Waals surface area contributed by atoms with Crippen LogP contribution in [0.2, 0.25) is 0 Å². The lowest BCUT2D eigenvalue weighted by molar-refractivity contribution is -0.152. The minimum absolute atomic E-state index is 0.0124. The Balaban J connectivity index is 1.06. The van der Waals surface area contributed by atoms with Gasteiger partial charge in [-0.2, -0.15) is 0 Å². The maximum absolute atomic E-state index is 14.5. The first-order valence-corrected chi connectivity index (χ1v) is 24.1. The lowest BCUT2D eigenvalue weighted by Gasteiger charge is -2.55. The fourth-order valence-electron chi connectivity index (χ4n) is 12.1. The fraction of sp³-hybridized carbons (Fsp3) is 0.870. The number of carbonyl (C=O) groups is 2. The van der Waals surface area contributed by atoms with Gasteiger partial charge in [0.1, 0.15) is 0 Å². The molecule has 6 fully saturated rings. The van der Waals surface area contributed by atoms with Gasteiger partial charge in [-0.25, -0.2) is 18.1 Å². The normalized spacial score (nSPS) is 36.6. The van der Waals surface area contributed by atoms with Gasteiger partial charge in [0, 0.05) is 37.2 Å². The molecule has 6 rings (SSSR count). The Hall–Kier alpha value is -1.59. The molecule has 0 bridgehead atoms. The minimum Gasteiger partial charge on any atom is -0.463 e. The highest BCUT2D eigenvalue weighted by Gasteiger charge is 2.57. The summed E-state index contributed by atoms with van der Waals surface area (Å²) in [7, 11) is -1.04. The van der Waals surface area contributed by atoms with E-state index in [1.165, 1.54) is 25.0 Å². The standard InChI is InChI=1S/C46H75NO8S/c1-4-44(48)54-27-8-6-25-52-40-20-16-34-29-38(18-14-36(34)31-40)46(50,43-11-10-24-47(43)56(51)42-22-12-33(3)13-23-42)39-19-15-37-32-41(21-17-35(37)30-39)53-26-7-9-28-55-45(49)5-2/h4-5,33-43,50H,1-2,6-32H2,3H3/t33?,34?,35?,36?,37?,38?,39?,40?,41?,42?,43-,46?,56?/m0/s1. The molecule has 0 aromatic rings. The van der Waals surface area contributed by atoms with Crippen LogP contribution in [0.25, 0.3) is 0 Å². The predicted molar refractivity (Wildman–Crippen MR) is 221 cm³/mol. The quantitative estimate of drug-likeness (QED) is 0.0786. The fourth-order valence-corrected chi connectivity index (χ4v) is 14.0. The summed E-state index contributed by atoms with van der Waals surface area (Å²) < 4.78 is 39.8. The van der Waals surface area contributed by atoms with Crippen molar-refractivity contribution in [3.8, 4) is 0 Å². The lowest BCUT2D eigenvalue weighted by Crippen LogP contribution is -2.62. The van der Waals surface area contributed by atoms with Gasteiger partial charge in [-0.15, -0.1) is 0 Å². The molecule has 0 aromatic heterocycles. The van der Waals surface area contributed by atoms with E-state index >= 15 is 0 Å². The summed E-state index contributed by atoms with van der Waals surface area (Å²) in [6, 6.07) is -0.0124. The van der Waals surface area contributed by atoms with Crippen molar-refractivity contribution in [2.75, 3.05) is 33.0 Å². The van der Waals surface area contributed by atoms with Crippen LogP contribution in [0, 0.1) is 41.4 Å². The zero-order chi connectivity index (χ0) is 39.5. The van der Waals surface area contributed by atoms with E-state index in [-0.39, 0.29) is 35.1 Å². The van der Waals surface area contributed by atoms with Gasteiger partial charge >= 0.3 is 11.9 Å². The summed E-state index contributed by atoms with van der Waals surface area (Å²) in [4.78, 5) is 22.6. The Morgan fingerprint density at radius 1 is 0.661 bits per heavy atom. The van der Waals surface area contributed by atoms with E-state index in [1.807, 2.05) is 0 Å². The van der Waals surface area contributed by atoms with Crippen molar-refractivity contribution < 1.29 is 37.9 Å². The number of carbonyl (C=O) groups excluding carboxylic acids is 2. The van der Waals surface area contributed by atoms with Crippen LogP contribution >= 0.6 is 0 Å². The molecular weight excluding hydrogens is 727 g/mol. The summed E-state index contributed by atoms with van der Waals surface area (Å²) in [5, 5.41) is 13.9. The molecule has 1 saturated heterocycles. The van der Waals surface area contributed by atoms with E-state index in [2.05, 4.69) is 24.4 Å². The number of hydrogen-bond acceptors (Lipinski definition) is 8. The van der Waals surface area contributed by atoms with E-state index in [1.54, 1.807) is 0 Å². The Morgan fingerprint density at radius 2 is 1.12 bits per heavy atom. The van der Waals surface area contributed by atoms with Gasteiger partial charge in [-0.1, -0.05) is 20.1 Å². The number of hydrogen-bond donors (Lipinski definition) is 1. The molecule has 0 spiro atoms. The molecule has 0 amide bonds. The largest absolute Gasteiger partial charge is 0.463 e. The molecule has 1 aliphatic heterocycles. The molecule has 5 saturated carbocycles. The number of fused-ring (bicyclic) bond motifs is 2. The summed E-state index contributed by atoms with van der Waals surface area (Å²) in [5.74, 6) is 3.04. The number of unbranched alkanes of at least 4 members (excludes halogenated alkanes) is 2. The van der Waals surface area contributed by atoms with Gasteiger partial charge < -0.3 is 24.1 Å². The summed E-state index contributed by atoms with van der Waals surface area (Å²) >= 11 is 0. The highest BCUT2D eigenvalue weighted by molar-refractivity contribution is 7.83. The highest BCUT2D eigenvalue weighted by Crippen LogP contribution is 2.55. The molecule has 318 valence electrons. The highest BCUT2D eigenvalue weighted by atomic mass is 32.2. The molecule has 10 atom stereocenters. The molecule has 9 nitrogen and oxygen atoms in total. The third kappa shape index (κ3) is 11.4. The van der Waals surface area contributed by atoms with Crippen LogP contribution in [-0.2, 0) is 39.5 Å². The Kier molecular flexibility index (Phi) is 17.0. The number of esters is 2. The second kappa shape index (κ2) is 21.6. The van der Waals surface area contributed by atoms with Crippen molar-refractivity contribution in [2.24, 2.45) is 41.4 Å². The molecule has 5 aliphatic carbocycles. The minimum atomic E-state index is -1.04. The number of aliphatic hydroxyl groups is 1. The maximum atomic E-state index is 14.5. The van der Waals surface area contributed by atoms with Crippen LogP contribution in [0.15, 0.2) is 25.3 Å². The van der Waals surface area contributed by atoms with Crippen molar-refractivity contribution in [2.45, 2.75) is 177 Å². The SMILES string of the molecule is C=CC(=O)OCCCCOC1CCC2CC(C(O)(C3CCC4CC(OCCCCOC(=O)C=C)CCC4C3)[C@@H]3CCCN3S(=O)C3CCC(C)CC3)CCC2C1. The molecule has 10 heteroatoms. The Labute approximate surface area is 341 Å². The van der Waals surface area contributed by atoms with Crippen molar-refractivity contribution >= 4 is 22.9 Å². The van der Waals surface area contributed by atoms with Crippen LogP contribution < -0.4 is 0 Å². The van der Waals surface area contributed by atoms with E-state index < -0.39 is 16.6 Å². The average molecular weight is 802 g/mol. The van der Waals surface area contributed by atoms with Gasteiger partial charge in [-0.3, -0.25) is 0 Å². The van der Waals surface area contributed by atoms with Crippen LogP contribution in [0.4, 0.5) is 0 Å². The van der Waals surface area contributed by atoms with Gasteiger partial charge in [0.2, 0.25) is 0 Å². The van der Waals surface area contributed by atoms with E-state index in [9.17, 15) is 18.9 Å². The van der Waals surface area contributed by atoms with Crippen LogP contribution in [0.3, 0.4) is 0 Å². The smallest absolute Gasteiger partial charge is 0.330 e. The van der Waals surface area contributed by atoms with E-state index in [0.717, 1.165) is 141 Å². The Bertz CT molecular complexity index is 1230. The number of rotatable bonds is 19. The molecule has 9 unspecified atom stereocenters. The van der Waals surface area contributed by atoms with Crippen molar-refractivity contribution in [3.05, 3.63) is 25.3 Å². The Morgan fingerprint density at radius 3 is 1.62 bits per heavy atom. The van der Waals surface area contributed by atoms with E-state index in [4.69, 9.17) is 18.9 Å². The van der Waals surface area contributed by atoms with Crippen molar-refractivity contribution in [1.82, 2.24) is 4.31 Å². The third-order valence-corrected chi connectivity index (χ3v) is 17.2. The average Bonchev–Trinajstić information content (AvgIpc) is 3.73. The number of nitrogens with zero attached hydrogens (tertiary/aromatic N) is 1. The first kappa shape index (κ1) is 44.0. The maximum Gasteiger partial charge on any atom is 0.330 e. The van der Waals surface area contributed by atoms with Crippen molar-refractivity contribution in [3.63, 3.8) is 0 Å². The van der Waals surface area contributed by atoms with Gasteiger partial charge in [0.25, 0.3) is 0 Å². The van der Waals surface area contributed by atoms with Crippen LogP contribution in [-0.4, -0.2) is 87.6 Å². The molecule has 6 aliphatic rings. The van der Waals surface area contributed by atoms with Crippen LogP contribution in [0.1, 0.15) is 148 Å². The summed E-state index contributed by atoms with van der Waals surface area (Å²) in [5.41, 5.74) is -0.811. The molecule has 1 N–H and O–H groups in total. The summed E-state index contributed by atoms with van der Waals surface area (Å²) in [6.45, 7) is 12.3. The molecule has 0 radical (unpaired) electrons. The molecular formula is C46H75NO8S. The summed E-state index contributed by atoms with van der Waals surface area (Å²) in [6.07, 6.45) is 26.1. The van der Waals surface area contributed by atoms with Gasteiger partial charge in [0.05, 0.1) is 48.1 Å². The van der Waals surface area contributed by atoms with Gasteiger partial charge in [-0.05, 0) is 183 Å². The molecule has 56 heavy (non-hydrogen) atoms. The third-order valence-electron chi connectivity index (χ3n) is 15.3. The molecule has 1 heterocycles. The second-order valence-corrected chi connectivity index (χ2v) is 20.4. The zero-order valence-corrected chi connectivity index (χ0v) is 35.5. The zero-order valence-electron chi connectivity index (χ0n) is 34.7. The van der Waals surface area contributed by atoms with Crippen molar-refractivity contribution in [1.29, 1.82) is 0 Å². The lowest BCUT2D eigenvalue weighted by atomic mass is 9.55. The monoisotopic (exact) mass is 802 g/mol. The molecule has 0 aromatic carbocycles. The number of ether oxygens (including phenoxy) is 4. The van der Waals surface area contributed by atoms with E-state index in [0.29, 0.717) is 62.3 Å².